The Bertz CT molecular complexity index is 3330. The highest BCUT2D eigenvalue weighted by Crippen LogP contribution is 2.44. The van der Waals surface area contributed by atoms with Gasteiger partial charge in [0.25, 0.3) is 0 Å². The Labute approximate surface area is 439 Å². The zero-order chi connectivity index (χ0) is 54.6. The number of methoxy groups -OCH3 is 2. The number of phenolic OH excluding ortho intramolecular Hbond substituents is 3. The van der Waals surface area contributed by atoms with Gasteiger partial charge >= 0.3 is 0 Å². The van der Waals surface area contributed by atoms with Crippen molar-refractivity contribution in [2.75, 3.05) is 90.2 Å². The normalized spacial score (nSPS) is 10.9. The highest BCUT2D eigenvalue weighted by atomic mass is 16.5. The van der Waals surface area contributed by atoms with E-state index in [2.05, 4.69) is 9.97 Å². The number of hydrogen-bond acceptors (Lipinski definition) is 13. The van der Waals surface area contributed by atoms with Crippen molar-refractivity contribution >= 4 is 34.3 Å². The summed E-state index contributed by atoms with van der Waals surface area (Å²) in [4.78, 5) is 48.9. The molecule has 0 saturated carbocycles. The summed E-state index contributed by atoms with van der Waals surface area (Å²) in [6, 6.07) is 33.6. The number of nitrogens with one attached hydrogen (secondary N) is 2. The van der Waals surface area contributed by atoms with Gasteiger partial charge in [0.2, 0.25) is 0 Å². The molecule has 0 atom stereocenters. The number of anilines is 4. The molecule has 0 unspecified atom stereocenters. The van der Waals surface area contributed by atoms with Gasteiger partial charge in [0, 0.05) is 149 Å². The van der Waals surface area contributed by atoms with Gasteiger partial charge in [-0.05, 0) is 100.0 Å². The van der Waals surface area contributed by atoms with E-state index < -0.39 is 0 Å². The minimum absolute atomic E-state index is 0.00201. The molecule has 6 aromatic carbocycles. The smallest absolute Gasteiger partial charge is 0.142 e. The van der Waals surface area contributed by atoms with Crippen LogP contribution in [0.3, 0.4) is 0 Å². The quantitative estimate of drug-likeness (QED) is 0.0617. The van der Waals surface area contributed by atoms with Crippen LogP contribution in [0, 0.1) is 13.8 Å². The van der Waals surface area contributed by atoms with Crippen LogP contribution in [0.4, 0.5) is 22.7 Å². The Morgan fingerprint density at radius 3 is 1.25 bits per heavy atom. The second kappa shape index (κ2) is 22.6. The van der Waals surface area contributed by atoms with Crippen LogP contribution in [-0.2, 0) is 22.4 Å². The maximum absolute atomic E-state index is 12.0. The van der Waals surface area contributed by atoms with Crippen molar-refractivity contribution in [1.82, 2.24) is 19.9 Å². The Morgan fingerprint density at radius 2 is 0.867 bits per heavy atom. The third kappa shape index (κ3) is 11.7. The van der Waals surface area contributed by atoms with E-state index in [-0.39, 0.29) is 41.7 Å². The van der Waals surface area contributed by atoms with Crippen molar-refractivity contribution in [3.8, 4) is 96.6 Å². The van der Waals surface area contributed by atoms with Crippen molar-refractivity contribution in [3.63, 3.8) is 0 Å². The molecule has 2 heterocycles. The highest BCUT2D eigenvalue weighted by molar-refractivity contribution is 5.89. The number of nitrogens with zero attached hydrogens (tertiary/aromatic N) is 6. The molecule has 2 aromatic heterocycles. The van der Waals surface area contributed by atoms with Gasteiger partial charge in [0.1, 0.15) is 52.0 Å². The first kappa shape index (κ1) is 54.1. The number of ketones is 2. The summed E-state index contributed by atoms with van der Waals surface area (Å²) in [6.45, 7) is 6.44. The Hall–Kier alpha value is -8.72. The molecule has 0 aliphatic carbocycles. The lowest BCUT2D eigenvalue weighted by Gasteiger charge is -2.16. The monoisotopic (exact) mass is 1010 g/mol. The fourth-order valence-corrected chi connectivity index (χ4v) is 8.83. The number of phenols is 3. The molecule has 0 bridgehead atoms. The summed E-state index contributed by atoms with van der Waals surface area (Å²) in [6.07, 6.45) is 0.105. The fourth-order valence-electron chi connectivity index (χ4n) is 8.83. The molecule has 0 saturated heterocycles. The number of benzene rings is 6. The molecular formula is C60H68N8O7. The van der Waals surface area contributed by atoms with Crippen LogP contribution < -0.4 is 29.1 Å². The molecular weight excluding hydrogens is 945 g/mol. The third-order valence-corrected chi connectivity index (χ3v) is 13.0. The lowest BCUT2D eigenvalue weighted by molar-refractivity contribution is -0.117. The van der Waals surface area contributed by atoms with Crippen molar-refractivity contribution < 1.29 is 34.4 Å². The summed E-state index contributed by atoms with van der Waals surface area (Å²) < 4.78 is 11.6. The predicted octanol–water partition coefficient (Wildman–Crippen LogP) is 11.1. The number of carbonyl (C=O) groups is 2. The first-order chi connectivity index (χ1) is 35.6. The average Bonchev–Trinajstić information content (AvgIpc) is 4.03. The second-order valence-corrected chi connectivity index (χ2v) is 19.5. The zero-order valence-electron chi connectivity index (χ0n) is 45.4. The molecule has 15 nitrogen and oxygen atoms in total. The first-order valence-electron chi connectivity index (χ1n) is 24.4. The second-order valence-electron chi connectivity index (χ2n) is 19.5. The number of hydrogen-bond donors (Lipinski definition) is 5. The number of aromatic nitrogens is 4. The maximum atomic E-state index is 12.0. The average molecular weight is 1010 g/mol. The number of ether oxygens (including phenoxy) is 2. The van der Waals surface area contributed by atoms with Gasteiger partial charge in [0.15, 0.2) is 0 Å². The molecule has 75 heavy (non-hydrogen) atoms. The molecule has 390 valence electrons. The lowest BCUT2D eigenvalue weighted by Crippen LogP contribution is -2.08. The molecule has 8 rings (SSSR count). The summed E-state index contributed by atoms with van der Waals surface area (Å²) in [5.74, 6) is 2.33. The first-order valence-corrected chi connectivity index (χ1v) is 24.4. The lowest BCUT2D eigenvalue weighted by atomic mass is 9.97. The molecule has 8 aromatic rings. The van der Waals surface area contributed by atoms with Crippen LogP contribution >= 0.6 is 0 Å². The summed E-state index contributed by atoms with van der Waals surface area (Å²) >= 11 is 0. The van der Waals surface area contributed by atoms with E-state index in [0.29, 0.717) is 56.5 Å². The molecule has 0 fully saturated rings. The highest BCUT2D eigenvalue weighted by Gasteiger charge is 2.24. The van der Waals surface area contributed by atoms with Crippen molar-refractivity contribution in [3.05, 3.63) is 125 Å². The minimum Gasteiger partial charge on any atom is -0.507 e. The van der Waals surface area contributed by atoms with Crippen molar-refractivity contribution in [1.29, 1.82) is 0 Å². The summed E-state index contributed by atoms with van der Waals surface area (Å²) in [5.41, 5.74) is 13.9. The van der Waals surface area contributed by atoms with Gasteiger partial charge in [-0.3, -0.25) is 9.59 Å². The van der Waals surface area contributed by atoms with E-state index in [9.17, 15) is 24.9 Å². The van der Waals surface area contributed by atoms with Crippen LogP contribution in [-0.4, -0.2) is 117 Å². The van der Waals surface area contributed by atoms with Gasteiger partial charge in [0.05, 0.1) is 42.6 Å². The van der Waals surface area contributed by atoms with Crippen LogP contribution in [0.15, 0.2) is 103 Å². The van der Waals surface area contributed by atoms with E-state index in [4.69, 9.17) is 19.4 Å². The van der Waals surface area contributed by atoms with Gasteiger partial charge in [-0.15, -0.1) is 0 Å². The molecule has 5 N–H and O–H groups in total. The van der Waals surface area contributed by atoms with E-state index in [1.165, 1.54) is 13.8 Å². The predicted molar refractivity (Wildman–Crippen MR) is 303 cm³/mol. The topological polar surface area (TPSA) is 184 Å². The minimum atomic E-state index is -0.0891. The molecule has 0 spiro atoms. The van der Waals surface area contributed by atoms with Crippen molar-refractivity contribution in [2.24, 2.45) is 0 Å². The molecule has 0 amide bonds. The third-order valence-electron chi connectivity index (χ3n) is 13.0. The van der Waals surface area contributed by atoms with Gasteiger partial charge in [-0.2, -0.15) is 0 Å². The van der Waals surface area contributed by atoms with Crippen LogP contribution in [0.5, 0.6) is 28.7 Å². The Balaban J connectivity index is 0.000000221. The Kier molecular flexibility index (Phi) is 16.3. The standard InChI is InChI=1S/C32H36N4O4.C28H32N4O3/c1-19(37)14-22-16-24(17-23(31(22)39)15-20(2)38)32-33-29(21-8-10-25(11-9-21)35(3)4)30(34-32)27-13-12-26(36(5)6)18-28(27)40-7;1-16-14-22(27(34)17(2)26(16)33)28-29-24(18-8-10-19(11-9-18)31(3)4)25(30-28)21-13-12-20(32(5)6)15-23(21)35-7/h8-13,16-18,39H,14-15H2,1-7H3,(H,33,34);8-15,33-34H,1-7H3,(H,29,30). The fraction of sp³-hybridized carbons (Fsp3) is 0.267. The number of Topliss-reactive ketones (excluding diaryl/α,β-unsaturated/α-hetero) is 2. The number of carbonyl (C=O) groups excluding carboxylic acids is 2. The van der Waals surface area contributed by atoms with Gasteiger partial charge in [-0.25, -0.2) is 9.97 Å². The number of rotatable bonds is 16. The molecule has 0 radical (unpaired) electrons. The van der Waals surface area contributed by atoms with E-state index in [1.54, 1.807) is 46.3 Å². The van der Waals surface area contributed by atoms with Gasteiger partial charge < -0.3 is 54.4 Å². The zero-order valence-corrected chi connectivity index (χ0v) is 45.4. The van der Waals surface area contributed by atoms with Crippen LogP contribution in [0.1, 0.15) is 36.1 Å². The SMILES string of the molecule is COc1cc(N(C)C)ccc1-c1[nH]c(-c2cc(C)c(O)c(C)c2O)nc1-c1ccc(N(C)C)cc1.COc1cc(N(C)C)ccc1-c1[nH]c(-c2cc(CC(C)=O)c(O)c(CC(C)=O)c2)nc1-c1ccc(N(C)C)cc1. The van der Waals surface area contributed by atoms with Crippen molar-refractivity contribution in [2.45, 2.75) is 40.5 Å². The van der Waals surface area contributed by atoms with Crippen LogP contribution in [0.25, 0.3) is 67.8 Å². The van der Waals surface area contributed by atoms with Crippen LogP contribution in [0.2, 0.25) is 0 Å². The molecule has 0 aliphatic heterocycles. The summed E-state index contributed by atoms with van der Waals surface area (Å²) in [5, 5.41) is 31.9. The van der Waals surface area contributed by atoms with E-state index in [1.807, 2.05) is 161 Å². The molecule has 15 heteroatoms. The number of aromatic hydroxyl groups is 3. The molecule has 0 aliphatic rings. The van der Waals surface area contributed by atoms with E-state index >= 15 is 0 Å². The van der Waals surface area contributed by atoms with E-state index in [0.717, 1.165) is 67.8 Å². The number of imidazole rings is 2. The van der Waals surface area contributed by atoms with Gasteiger partial charge in [-0.1, -0.05) is 24.3 Å². The summed E-state index contributed by atoms with van der Waals surface area (Å²) in [7, 11) is 19.2. The maximum Gasteiger partial charge on any atom is 0.142 e. The number of aryl methyl sites for hydroxylation is 1. The largest absolute Gasteiger partial charge is 0.507 e. The number of H-pyrrole nitrogens is 2. The number of aromatic amines is 2. The Morgan fingerprint density at radius 1 is 0.480 bits per heavy atom.